The molecule has 0 atom stereocenters. The highest BCUT2D eigenvalue weighted by atomic mass is 16.4. The van der Waals surface area contributed by atoms with Crippen LogP contribution in [0.4, 0.5) is 10.5 Å². The van der Waals surface area contributed by atoms with Crippen LogP contribution in [0, 0.1) is 0 Å². The van der Waals surface area contributed by atoms with E-state index in [1.54, 1.807) is 19.2 Å². The summed E-state index contributed by atoms with van der Waals surface area (Å²) in [6, 6.07) is 5.96. The third-order valence-corrected chi connectivity index (χ3v) is 2.33. The van der Waals surface area contributed by atoms with Gasteiger partial charge in [0.25, 0.3) is 0 Å². The van der Waals surface area contributed by atoms with Crippen LogP contribution in [-0.2, 0) is 0 Å². The predicted molar refractivity (Wildman–Crippen MR) is 65.5 cm³/mol. The topological polar surface area (TPSA) is 69.6 Å². The minimum Gasteiger partial charge on any atom is -0.478 e. The summed E-state index contributed by atoms with van der Waals surface area (Å²) < 4.78 is 0. The molecule has 0 heterocycles. The van der Waals surface area contributed by atoms with E-state index < -0.39 is 5.97 Å². The minimum atomic E-state index is -0.977. The molecule has 2 N–H and O–H groups in total. The first-order valence-electron chi connectivity index (χ1n) is 5.41. The average molecular weight is 236 g/mol. The van der Waals surface area contributed by atoms with E-state index >= 15 is 0 Å². The molecule has 0 spiro atoms. The molecule has 5 nitrogen and oxygen atoms in total. The second-order valence-corrected chi connectivity index (χ2v) is 3.64. The van der Waals surface area contributed by atoms with Crippen LogP contribution in [0.5, 0.6) is 0 Å². The molecule has 5 heteroatoms. The van der Waals surface area contributed by atoms with Crippen molar-refractivity contribution in [1.82, 2.24) is 5.32 Å². The van der Waals surface area contributed by atoms with Gasteiger partial charge < -0.3 is 10.4 Å². The van der Waals surface area contributed by atoms with Crippen molar-refractivity contribution in [1.29, 1.82) is 0 Å². The lowest BCUT2D eigenvalue weighted by atomic mass is 10.2. The minimum absolute atomic E-state index is 0.199. The number of anilines is 1. The molecule has 1 aromatic carbocycles. The molecule has 0 aliphatic carbocycles. The molecule has 0 radical (unpaired) electrons. The first kappa shape index (κ1) is 13.0. The fraction of sp³-hybridized carbons (Fsp3) is 0.333. The Bertz CT molecular complexity index is 401. The van der Waals surface area contributed by atoms with E-state index in [0.29, 0.717) is 12.2 Å². The molecule has 0 aliphatic rings. The van der Waals surface area contributed by atoms with E-state index in [2.05, 4.69) is 5.32 Å². The van der Waals surface area contributed by atoms with Crippen molar-refractivity contribution < 1.29 is 14.7 Å². The Morgan fingerprint density at radius 1 is 1.29 bits per heavy atom. The van der Waals surface area contributed by atoms with Crippen molar-refractivity contribution in [3.8, 4) is 0 Å². The van der Waals surface area contributed by atoms with Crippen LogP contribution in [0.3, 0.4) is 0 Å². The van der Waals surface area contributed by atoms with Gasteiger partial charge in [-0.2, -0.15) is 0 Å². The number of nitrogens with one attached hydrogen (secondary N) is 1. The van der Waals surface area contributed by atoms with E-state index in [1.165, 1.54) is 17.0 Å². The highest BCUT2D eigenvalue weighted by molar-refractivity contribution is 5.93. The molecule has 0 bridgehead atoms. The fourth-order valence-corrected chi connectivity index (χ4v) is 1.30. The Morgan fingerprint density at radius 2 is 1.88 bits per heavy atom. The summed E-state index contributed by atoms with van der Waals surface area (Å²) in [6.07, 6.45) is 0.873. The Labute approximate surface area is 100 Å². The summed E-state index contributed by atoms with van der Waals surface area (Å²) in [4.78, 5) is 23.7. The Hall–Kier alpha value is -2.04. The number of amides is 2. The van der Waals surface area contributed by atoms with E-state index in [0.717, 1.165) is 6.42 Å². The molecule has 0 unspecified atom stereocenters. The van der Waals surface area contributed by atoms with Gasteiger partial charge in [0.15, 0.2) is 0 Å². The van der Waals surface area contributed by atoms with Gasteiger partial charge in [0.1, 0.15) is 0 Å². The van der Waals surface area contributed by atoms with Crippen LogP contribution in [0.2, 0.25) is 0 Å². The van der Waals surface area contributed by atoms with Gasteiger partial charge in [-0.3, -0.25) is 4.90 Å². The summed E-state index contributed by atoms with van der Waals surface area (Å²) in [7, 11) is 1.64. The van der Waals surface area contributed by atoms with Crippen molar-refractivity contribution in [2.75, 3.05) is 18.5 Å². The van der Waals surface area contributed by atoms with Crippen molar-refractivity contribution >= 4 is 17.7 Å². The Morgan fingerprint density at radius 3 is 2.35 bits per heavy atom. The van der Waals surface area contributed by atoms with Crippen molar-refractivity contribution in [2.45, 2.75) is 13.3 Å². The number of nitrogens with zero attached hydrogens (tertiary/aromatic N) is 1. The molecule has 17 heavy (non-hydrogen) atoms. The molecule has 2 amide bonds. The zero-order valence-electron chi connectivity index (χ0n) is 9.93. The lowest BCUT2D eigenvalue weighted by Crippen LogP contribution is -2.37. The summed E-state index contributed by atoms with van der Waals surface area (Å²) in [5, 5.41) is 11.5. The maximum Gasteiger partial charge on any atom is 0.335 e. The van der Waals surface area contributed by atoms with Crippen LogP contribution in [-0.4, -0.2) is 30.7 Å². The van der Waals surface area contributed by atoms with Crippen molar-refractivity contribution in [2.24, 2.45) is 0 Å². The van der Waals surface area contributed by atoms with Crippen LogP contribution < -0.4 is 10.2 Å². The summed E-state index contributed by atoms with van der Waals surface area (Å²) >= 11 is 0. The number of urea groups is 1. The van der Waals surface area contributed by atoms with Gasteiger partial charge >= 0.3 is 12.0 Å². The lowest BCUT2D eigenvalue weighted by Gasteiger charge is -2.17. The zero-order chi connectivity index (χ0) is 12.8. The highest BCUT2D eigenvalue weighted by Crippen LogP contribution is 2.13. The van der Waals surface area contributed by atoms with E-state index in [1.807, 2.05) is 6.92 Å². The largest absolute Gasteiger partial charge is 0.478 e. The fourth-order valence-electron chi connectivity index (χ4n) is 1.30. The first-order chi connectivity index (χ1) is 8.06. The van der Waals surface area contributed by atoms with Crippen LogP contribution in [0.25, 0.3) is 0 Å². The predicted octanol–water partition coefficient (Wildman–Crippen LogP) is 1.94. The number of carboxylic acids is 1. The molecular weight excluding hydrogens is 220 g/mol. The van der Waals surface area contributed by atoms with Crippen LogP contribution in [0.15, 0.2) is 24.3 Å². The van der Waals surface area contributed by atoms with E-state index in [-0.39, 0.29) is 11.6 Å². The van der Waals surface area contributed by atoms with Gasteiger partial charge in [-0.25, -0.2) is 9.59 Å². The molecule has 0 saturated carbocycles. The standard InChI is InChI=1S/C12H16N2O3/c1-3-8-13-12(17)14(2)10-6-4-9(5-7-10)11(15)16/h4-7H,3,8H2,1-2H3,(H,13,17)(H,15,16). The van der Waals surface area contributed by atoms with E-state index in [4.69, 9.17) is 5.11 Å². The number of carbonyl (C=O) groups is 2. The summed E-state index contributed by atoms with van der Waals surface area (Å²) in [5.41, 5.74) is 0.861. The quantitative estimate of drug-likeness (QED) is 0.839. The maximum atomic E-state index is 11.6. The average Bonchev–Trinajstić information content (AvgIpc) is 2.35. The second kappa shape index (κ2) is 5.89. The second-order valence-electron chi connectivity index (χ2n) is 3.64. The zero-order valence-corrected chi connectivity index (χ0v) is 9.93. The molecule has 0 fully saturated rings. The van der Waals surface area contributed by atoms with Crippen molar-refractivity contribution in [3.05, 3.63) is 29.8 Å². The number of carboxylic acid groups (broad SMARTS) is 1. The molecular formula is C12H16N2O3. The van der Waals surface area contributed by atoms with Gasteiger partial charge in [0.2, 0.25) is 0 Å². The van der Waals surface area contributed by atoms with Crippen LogP contribution >= 0.6 is 0 Å². The smallest absolute Gasteiger partial charge is 0.335 e. The van der Waals surface area contributed by atoms with E-state index in [9.17, 15) is 9.59 Å². The van der Waals surface area contributed by atoms with Gasteiger partial charge in [0.05, 0.1) is 5.56 Å². The normalized spacial score (nSPS) is 9.76. The molecule has 92 valence electrons. The molecule has 0 aliphatic heterocycles. The van der Waals surface area contributed by atoms with Gasteiger partial charge in [-0.15, -0.1) is 0 Å². The number of rotatable bonds is 4. The summed E-state index contributed by atoms with van der Waals surface area (Å²) in [5.74, 6) is -0.977. The number of hydrogen-bond acceptors (Lipinski definition) is 2. The number of hydrogen-bond donors (Lipinski definition) is 2. The number of carbonyl (C=O) groups excluding carboxylic acids is 1. The Balaban J connectivity index is 2.72. The third kappa shape index (κ3) is 3.48. The first-order valence-corrected chi connectivity index (χ1v) is 5.41. The number of aromatic carboxylic acids is 1. The Kier molecular flexibility index (Phi) is 4.51. The van der Waals surface area contributed by atoms with Gasteiger partial charge in [-0.05, 0) is 30.7 Å². The molecule has 0 saturated heterocycles. The molecule has 0 aromatic heterocycles. The van der Waals surface area contributed by atoms with Gasteiger partial charge in [-0.1, -0.05) is 6.92 Å². The third-order valence-electron chi connectivity index (χ3n) is 2.33. The highest BCUT2D eigenvalue weighted by Gasteiger charge is 2.10. The molecule has 1 aromatic rings. The monoisotopic (exact) mass is 236 g/mol. The summed E-state index contributed by atoms with van der Waals surface area (Å²) in [6.45, 7) is 2.60. The molecule has 1 rings (SSSR count). The number of benzene rings is 1. The van der Waals surface area contributed by atoms with Gasteiger partial charge in [0, 0.05) is 19.3 Å². The maximum absolute atomic E-state index is 11.6. The van der Waals surface area contributed by atoms with Crippen molar-refractivity contribution in [3.63, 3.8) is 0 Å². The lowest BCUT2D eigenvalue weighted by molar-refractivity contribution is 0.0697. The SMILES string of the molecule is CCCNC(=O)N(C)c1ccc(C(=O)O)cc1. The van der Waals surface area contributed by atoms with Crippen LogP contribution in [0.1, 0.15) is 23.7 Å².